The number of ether oxygens (including phenoxy) is 1. The fraction of sp³-hybridized carbons (Fsp3) is 0.625. The maximum absolute atomic E-state index is 12.2. The smallest absolute Gasteiger partial charge is 0.310 e. The molecule has 0 bridgehead atoms. The van der Waals surface area contributed by atoms with E-state index in [1.54, 1.807) is 24.2 Å². The number of amides is 1. The second-order valence-electron chi connectivity index (χ2n) is 5.37. The largest absolute Gasteiger partial charge is 0.441 e. The van der Waals surface area contributed by atoms with E-state index in [0.29, 0.717) is 12.0 Å². The molecular weight excluding hydrogens is 268 g/mol. The number of rotatable bonds is 8. The van der Waals surface area contributed by atoms with Crippen molar-refractivity contribution >= 4 is 11.9 Å². The summed E-state index contributed by atoms with van der Waals surface area (Å²) >= 11 is 0. The summed E-state index contributed by atoms with van der Waals surface area (Å²) in [6.07, 6.45) is 8.97. The molecule has 0 radical (unpaired) electrons. The first-order valence-corrected chi connectivity index (χ1v) is 7.64. The van der Waals surface area contributed by atoms with E-state index in [-0.39, 0.29) is 11.9 Å². The second kappa shape index (κ2) is 8.49. The van der Waals surface area contributed by atoms with Gasteiger partial charge in [-0.05, 0) is 26.2 Å². The Morgan fingerprint density at radius 1 is 1.33 bits per heavy atom. The standard InChI is InChI=1S/C16H26N2O3/c1-4-7-13(8-5-2)16(20)21-12(3)18-10-6-9-14(11-18)15(17)19/h6,10-13H,4-5,7-9H2,1-3H3,(H2,17,19). The van der Waals surface area contributed by atoms with Crippen LogP contribution in [0.2, 0.25) is 0 Å². The molecular formula is C16H26N2O3. The molecule has 0 saturated heterocycles. The number of hydrogen-bond acceptors (Lipinski definition) is 4. The predicted octanol–water partition coefficient (Wildman–Crippen LogP) is 2.68. The van der Waals surface area contributed by atoms with Crippen LogP contribution in [0.5, 0.6) is 0 Å². The molecule has 1 amide bonds. The minimum atomic E-state index is -0.447. The van der Waals surface area contributed by atoms with Crippen molar-refractivity contribution in [2.45, 2.75) is 59.1 Å². The van der Waals surface area contributed by atoms with Gasteiger partial charge in [-0.3, -0.25) is 9.59 Å². The molecule has 1 aliphatic rings. The average molecular weight is 294 g/mol. The lowest BCUT2D eigenvalue weighted by Crippen LogP contribution is -2.33. The molecule has 0 saturated carbocycles. The molecule has 1 atom stereocenters. The van der Waals surface area contributed by atoms with Gasteiger partial charge in [-0.25, -0.2) is 0 Å². The van der Waals surface area contributed by atoms with Crippen molar-refractivity contribution < 1.29 is 14.3 Å². The number of allylic oxidation sites excluding steroid dienone is 1. The van der Waals surface area contributed by atoms with Gasteiger partial charge in [0.1, 0.15) is 0 Å². The fourth-order valence-electron chi connectivity index (χ4n) is 2.37. The number of carbonyl (C=O) groups excluding carboxylic acids is 2. The monoisotopic (exact) mass is 294 g/mol. The summed E-state index contributed by atoms with van der Waals surface area (Å²) in [7, 11) is 0. The molecule has 21 heavy (non-hydrogen) atoms. The lowest BCUT2D eigenvalue weighted by molar-refractivity contribution is -0.159. The molecule has 0 fully saturated rings. The van der Waals surface area contributed by atoms with Crippen molar-refractivity contribution in [1.82, 2.24) is 4.90 Å². The lowest BCUT2D eigenvalue weighted by Gasteiger charge is -2.28. The molecule has 0 aliphatic carbocycles. The number of nitrogens with zero attached hydrogens (tertiary/aromatic N) is 1. The zero-order valence-electron chi connectivity index (χ0n) is 13.2. The van der Waals surface area contributed by atoms with Crippen molar-refractivity contribution in [1.29, 1.82) is 0 Å². The Bertz CT molecular complexity index is 423. The first-order chi connectivity index (χ1) is 9.99. The van der Waals surface area contributed by atoms with E-state index < -0.39 is 12.1 Å². The van der Waals surface area contributed by atoms with Gasteiger partial charge in [0.15, 0.2) is 6.23 Å². The highest BCUT2D eigenvalue weighted by molar-refractivity contribution is 5.92. The lowest BCUT2D eigenvalue weighted by atomic mass is 9.99. The molecule has 0 aromatic heterocycles. The van der Waals surface area contributed by atoms with Gasteiger partial charge in [0, 0.05) is 18.0 Å². The van der Waals surface area contributed by atoms with Crippen LogP contribution >= 0.6 is 0 Å². The molecule has 118 valence electrons. The van der Waals surface area contributed by atoms with E-state index in [2.05, 4.69) is 13.8 Å². The van der Waals surface area contributed by atoms with Gasteiger partial charge in [-0.2, -0.15) is 0 Å². The number of carbonyl (C=O) groups is 2. The summed E-state index contributed by atoms with van der Waals surface area (Å²) in [5, 5.41) is 0. The minimum absolute atomic E-state index is 0.0455. The number of hydrogen-bond donors (Lipinski definition) is 1. The first kappa shape index (κ1) is 17.3. The summed E-state index contributed by atoms with van der Waals surface area (Å²) in [6.45, 7) is 5.92. The maximum atomic E-state index is 12.2. The molecule has 1 unspecified atom stereocenters. The third-order valence-corrected chi connectivity index (χ3v) is 3.55. The van der Waals surface area contributed by atoms with Crippen LogP contribution in [0.4, 0.5) is 0 Å². The third kappa shape index (κ3) is 5.25. The summed E-state index contributed by atoms with van der Waals surface area (Å²) in [5.74, 6) is -0.660. The van der Waals surface area contributed by atoms with Crippen LogP contribution in [0, 0.1) is 5.92 Å². The Morgan fingerprint density at radius 2 is 1.95 bits per heavy atom. The van der Waals surface area contributed by atoms with Crippen molar-refractivity contribution in [3.8, 4) is 0 Å². The Balaban J connectivity index is 2.64. The molecule has 2 N–H and O–H groups in total. The summed E-state index contributed by atoms with van der Waals surface area (Å²) in [4.78, 5) is 25.1. The molecule has 0 aromatic carbocycles. The highest BCUT2D eigenvalue weighted by atomic mass is 16.6. The summed E-state index contributed by atoms with van der Waals surface area (Å²) in [6, 6.07) is 0. The quantitative estimate of drug-likeness (QED) is 0.699. The van der Waals surface area contributed by atoms with E-state index in [1.165, 1.54) is 0 Å². The molecule has 1 rings (SSSR count). The summed E-state index contributed by atoms with van der Waals surface area (Å²) < 4.78 is 5.52. The molecule has 1 aliphatic heterocycles. The van der Waals surface area contributed by atoms with Gasteiger partial charge in [-0.15, -0.1) is 0 Å². The van der Waals surface area contributed by atoms with Crippen molar-refractivity contribution in [2.24, 2.45) is 11.7 Å². The minimum Gasteiger partial charge on any atom is -0.441 e. The van der Waals surface area contributed by atoms with Crippen LogP contribution in [0.1, 0.15) is 52.9 Å². The highest BCUT2D eigenvalue weighted by Gasteiger charge is 2.23. The molecule has 5 nitrogen and oxygen atoms in total. The Morgan fingerprint density at radius 3 is 2.48 bits per heavy atom. The highest BCUT2D eigenvalue weighted by Crippen LogP contribution is 2.19. The van der Waals surface area contributed by atoms with E-state index in [0.717, 1.165) is 25.7 Å². The zero-order chi connectivity index (χ0) is 15.8. The van der Waals surface area contributed by atoms with Gasteiger partial charge in [0.25, 0.3) is 0 Å². The van der Waals surface area contributed by atoms with E-state index in [4.69, 9.17) is 10.5 Å². The van der Waals surface area contributed by atoms with Crippen LogP contribution < -0.4 is 5.73 Å². The zero-order valence-corrected chi connectivity index (χ0v) is 13.2. The summed E-state index contributed by atoms with van der Waals surface area (Å²) in [5.41, 5.74) is 5.80. The van der Waals surface area contributed by atoms with Crippen LogP contribution in [0.3, 0.4) is 0 Å². The third-order valence-electron chi connectivity index (χ3n) is 3.55. The van der Waals surface area contributed by atoms with E-state index in [9.17, 15) is 9.59 Å². The Hall–Kier alpha value is -1.78. The van der Waals surface area contributed by atoms with Gasteiger partial charge < -0.3 is 15.4 Å². The number of esters is 1. The van der Waals surface area contributed by atoms with Crippen molar-refractivity contribution in [2.75, 3.05) is 0 Å². The van der Waals surface area contributed by atoms with Gasteiger partial charge in [0.2, 0.25) is 5.91 Å². The Labute approximate surface area is 126 Å². The average Bonchev–Trinajstić information content (AvgIpc) is 2.47. The molecule has 0 spiro atoms. The number of nitrogens with two attached hydrogens (primary N) is 1. The predicted molar refractivity (Wildman–Crippen MR) is 81.7 cm³/mol. The van der Waals surface area contributed by atoms with Crippen LogP contribution in [0.25, 0.3) is 0 Å². The van der Waals surface area contributed by atoms with Crippen LogP contribution in [-0.4, -0.2) is 23.0 Å². The van der Waals surface area contributed by atoms with Crippen LogP contribution in [0.15, 0.2) is 24.0 Å². The SMILES string of the molecule is CCCC(CCC)C(=O)OC(C)N1C=CCC(C(N)=O)=C1. The van der Waals surface area contributed by atoms with Crippen molar-refractivity contribution in [3.05, 3.63) is 24.0 Å². The van der Waals surface area contributed by atoms with Gasteiger partial charge >= 0.3 is 5.97 Å². The van der Waals surface area contributed by atoms with E-state index >= 15 is 0 Å². The molecule has 1 heterocycles. The van der Waals surface area contributed by atoms with Crippen LogP contribution in [-0.2, 0) is 14.3 Å². The van der Waals surface area contributed by atoms with E-state index in [1.807, 2.05) is 6.08 Å². The first-order valence-electron chi connectivity index (χ1n) is 7.64. The Kier molecular flexibility index (Phi) is 6.99. The fourth-order valence-corrected chi connectivity index (χ4v) is 2.37. The maximum Gasteiger partial charge on any atom is 0.310 e. The topological polar surface area (TPSA) is 72.6 Å². The van der Waals surface area contributed by atoms with Gasteiger partial charge in [0.05, 0.1) is 5.92 Å². The normalized spacial score (nSPS) is 15.8. The molecule has 0 aromatic rings. The number of primary amides is 1. The van der Waals surface area contributed by atoms with Crippen molar-refractivity contribution in [3.63, 3.8) is 0 Å². The van der Waals surface area contributed by atoms with Gasteiger partial charge in [-0.1, -0.05) is 32.8 Å². The molecule has 5 heteroatoms. The second-order valence-corrected chi connectivity index (χ2v) is 5.37.